The van der Waals surface area contributed by atoms with Crippen LogP contribution in [0.2, 0.25) is 0 Å². The second-order valence-electron chi connectivity index (χ2n) is 5.94. The molecule has 0 spiro atoms. The average molecular weight is 371 g/mol. The highest BCUT2D eigenvalue weighted by atomic mass is 16.5. The first-order valence-electron chi connectivity index (χ1n) is 8.74. The Labute approximate surface area is 161 Å². The van der Waals surface area contributed by atoms with Crippen molar-refractivity contribution in [2.45, 2.75) is 0 Å². The van der Waals surface area contributed by atoms with Gasteiger partial charge in [-0.05, 0) is 36.4 Å². The topological polar surface area (TPSA) is 73.3 Å². The molecule has 0 saturated heterocycles. The summed E-state index contributed by atoms with van der Waals surface area (Å²) in [7, 11) is 0. The molecule has 0 radical (unpaired) electrons. The number of nitrogens with one attached hydrogen (secondary N) is 1. The fraction of sp³-hybridized carbons (Fsp3) is 0.0455. The van der Waals surface area contributed by atoms with E-state index in [1.54, 1.807) is 12.1 Å². The lowest BCUT2D eigenvalue weighted by Gasteiger charge is -2.12. The maximum atomic E-state index is 12.4. The lowest BCUT2D eigenvalue weighted by atomic mass is 10.2. The third-order valence-corrected chi connectivity index (χ3v) is 3.98. The molecule has 1 N–H and O–H groups in total. The van der Waals surface area contributed by atoms with Gasteiger partial charge in [0.2, 0.25) is 5.88 Å². The molecule has 0 saturated carbocycles. The predicted octanol–water partition coefficient (Wildman–Crippen LogP) is 4.44. The van der Waals surface area contributed by atoms with E-state index in [9.17, 15) is 4.79 Å². The maximum absolute atomic E-state index is 12.4. The third-order valence-electron chi connectivity index (χ3n) is 3.98. The zero-order chi connectivity index (χ0) is 19.2. The second kappa shape index (κ2) is 8.18. The maximum Gasteiger partial charge on any atom is 0.262 e. The first kappa shape index (κ1) is 17.5. The van der Waals surface area contributed by atoms with Gasteiger partial charge in [0, 0.05) is 0 Å². The van der Waals surface area contributed by atoms with Crippen LogP contribution in [0.25, 0.3) is 10.9 Å². The van der Waals surface area contributed by atoms with Crippen LogP contribution in [0.4, 0.5) is 5.69 Å². The summed E-state index contributed by atoms with van der Waals surface area (Å²) in [6.07, 6.45) is 1.42. The second-order valence-corrected chi connectivity index (χ2v) is 5.94. The Balaban J connectivity index is 1.44. The quantitative estimate of drug-likeness (QED) is 0.542. The molecule has 0 aliphatic rings. The number of fused-ring (bicyclic) bond motifs is 1. The summed E-state index contributed by atoms with van der Waals surface area (Å²) in [6.45, 7) is -0.180. The SMILES string of the molecule is O=C(COc1ncnc2ccccc12)Nc1ccccc1Oc1ccccc1. The highest BCUT2D eigenvalue weighted by Gasteiger charge is 2.11. The third kappa shape index (κ3) is 4.07. The number of hydrogen-bond acceptors (Lipinski definition) is 5. The molecule has 138 valence electrons. The monoisotopic (exact) mass is 371 g/mol. The van der Waals surface area contributed by atoms with E-state index in [-0.39, 0.29) is 12.5 Å². The summed E-state index contributed by atoms with van der Waals surface area (Å²) in [6, 6.07) is 24.1. The Morgan fingerprint density at radius 1 is 0.857 bits per heavy atom. The van der Waals surface area contributed by atoms with E-state index in [2.05, 4.69) is 15.3 Å². The molecule has 6 heteroatoms. The van der Waals surface area contributed by atoms with E-state index in [4.69, 9.17) is 9.47 Å². The van der Waals surface area contributed by atoms with Crippen LogP contribution in [0.1, 0.15) is 0 Å². The Hall–Kier alpha value is -3.93. The number of benzene rings is 3. The summed E-state index contributed by atoms with van der Waals surface area (Å²) < 4.78 is 11.5. The lowest BCUT2D eigenvalue weighted by Crippen LogP contribution is -2.20. The standard InChI is InChI=1S/C22H17N3O3/c26-21(14-27-22-17-10-4-5-11-18(17)23-15-24-22)25-19-12-6-7-13-20(19)28-16-8-2-1-3-9-16/h1-13,15H,14H2,(H,25,26). The van der Waals surface area contributed by atoms with Gasteiger partial charge in [-0.15, -0.1) is 0 Å². The number of amides is 1. The van der Waals surface area contributed by atoms with E-state index in [1.807, 2.05) is 66.7 Å². The smallest absolute Gasteiger partial charge is 0.262 e. The van der Waals surface area contributed by atoms with Crippen LogP contribution in [0.3, 0.4) is 0 Å². The van der Waals surface area contributed by atoms with E-state index in [1.165, 1.54) is 6.33 Å². The highest BCUT2D eigenvalue weighted by Crippen LogP contribution is 2.29. The van der Waals surface area contributed by atoms with Crippen molar-refractivity contribution >= 4 is 22.5 Å². The fourth-order valence-corrected chi connectivity index (χ4v) is 2.69. The molecule has 0 bridgehead atoms. The number of carbonyl (C=O) groups is 1. The van der Waals surface area contributed by atoms with Gasteiger partial charge in [0.05, 0.1) is 16.6 Å². The first-order chi connectivity index (χ1) is 13.8. The van der Waals surface area contributed by atoms with E-state index < -0.39 is 0 Å². The summed E-state index contributed by atoms with van der Waals surface area (Å²) in [5, 5.41) is 3.57. The van der Waals surface area contributed by atoms with Gasteiger partial charge < -0.3 is 14.8 Å². The van der Waals surface area contributed by atoms with Crippen molar-refractivity contribution < 1.29 is 14.3 Å². The van der Waals surface area contributed by atoms with E-state index in [0.29, 0.717) is 23.1 Å². The Morgan fingerprint density at radius 3 is 2.50 bits per heavy atom. The van der Waals surface area contributed by atoms with Crippen molar-refractivity contribution in [1.29, 1.82) is 0 Å². The minimum Gasteiger partial charge on any atom is -0.467 e. The lowest BCUT2D eigenvalue weighted by molar-refractivity contribution is -0.118. The van der Waals surface area contributed by atoms with Gasteiger partial charge in [-0.3, -0.25) is 4.79 Å². The van der Waals surface area contributed by atoms with Crippen molar-refractivity contribution in [3.05, 3.63) is 85.2 Å². The number of hydrogen-bond donors (Lipinski definition) is 1. The van der Waals surface area contributed by atoms with Gasteiger partial charge >= 0.3 is 0 Å². The van der Waals surface area contributed by atoms with Gasteiger partial charge in [-0.25, -0.2) is 9.97 Å². The molecular weight excluding hydrogens is 354 g/mol. The number of nitrogens with zero attached hydrogens (tertiary/aromatic N) is 2. The van der Waals surface area contributed by atoms with Gasteiger partial charge in [-0.1, -0.05) is 42.5 Å². The zero-order valence-electron chi connectivity index (χ0n) is 14.9. The summed E-state index contributed by atoms with van der Waals surface area (Å²) in [4.78, 5) is 20.7. The van der Waals surface area contributed by atoms with Crippen molar-refractivity contribution in [3.8, 4) is 17.4 Å². The molecule has 1 heterocycles. The molecular formula is C22H17N3O3. The minimum atomic E-state index is -0.313. The number of carbonyl (C=O) groups excluding carboxylic acids is 1. The Morgan fingerprint density at radius 2 is 1.61 bits per heavy atom. The van der Waals surface area contributed by atoms with Crippen LogP contribution in [0, 0.1) is 0 Å². The van der Waals surface area contributed by atoms with Gasteiger partial charge in [-0.2, -0.15) is 0 Å². The summed E-state index contributed by atoms with van der Waals surface area (Å²) in [5.74, 6) is 1.30. The van der Waals surface area contributed by atoms with Crippen LogP contribution >= 0.6 is 0 Å². The van der Waals surface area contributed by atoms with Crippen LogP contribution in [-0.4, -0.2) is 22.5 Å². The summed E-state index contributed by atoms with van der Waals surface area (Å²) in [5.41, 5.74) is 1.32. The fourth-order valence-electron chi connectivity index (χ4n) is 2.69. The van der Waals surface area contributed by atoms with E-state index in [0.717, 1.165) is 10.9 Å². The van der Waals surface area contributed by atoms with Gasteiger partial charge in [0.25, 0.3) is 5.91 Å². The van der Waals surface area contributed by atoms with Crippen LogP contribution in [-0.2, 0) is 4.79 Å². The summed E-state index contributed by atoms with van der Waals surface area (Å²) >= 11 is 0. The molecule has 3 aromatic carbocycles. The van der Waals surface area contributed by atoms with Crippen molar-refractivity contribution in [1.82, 2.24) is 9.97 Å². The molecule has 0 aliphatic carbocycles. The van der Waals surface area contributed by atoms with Crippen molar-refractivity contribution in [3.63, 3.8) is 0 Å². The molecule has 0 fully saturated rings. The van der Waals surface area contributed by atoms with Crippen molar-refractivity contribution in [2.24, 2.45) is 0 Å². The Bertz CT molecular complexity index is 1090. The first-order valence-corrected chi connectivity index (χ1v) is 8.74. The van der Waals surface area contributed by atoms with Crippen LogP contribution < -0.4 is 14.8 Å². The average Bonchev–Trinajstić information content (AvgIpc) is 2.74. The number of ether oxygens (including phenoxy) is 2. The van der Waals surface area contributed by atoms with Crippen molar-refractivity contribution in [2.75, 3.05) is 11.9 Å². The van der Waals surface area contributed by atoms with Crippen LogP contribution in [0.15, 0.2) is 85.2 Å². The van der Waals surface area contributed by atoms with Crippen LogP contribution in [0.5, 0.6) is 17.4 Å². The molecule has 0 atom stereocenters. The number of rotatable bonds is 6. The molecule has 4 rings (SSSR count). The van der Waals surface area contributed by atoms with Gasteiger partial charge in [0.15, 0.2) is 12.4 Å². The predicted molar refractivity (Wildman–Crippen MR) is 107 cm³/mol. The van der Waals surface area contributed by atoms with E-state index >= 15 is 0 Å². The Kier molecular flexibility index (Phi) is 5.11. The minimum absolute atomic E-state index is 0.180. The largest absolute Gasteiger partial charge is 0.467 e. The molecule has 6 nitrogen and oxygen atoms in total. The highest BCUT2D eigenvalue weighted by molar-refractivity contribution is 5.93. The zero-order valence-corrected chi connectivity index (χ0v) is 14.9. The number of para-hydroxylation sites is 4. The number of aromatic nitrogens is 2. The van der Waals surface area contributed by atoms with Gasteiger partial charge in [0.1, 0.15) is 12.1 Å². The molecule has 0 aliphatic heterocycles. The molecule has 0 unspecified atom stereocenters. The molecule has 1 amide bonds. The normalized spacial score (nSPS) is 10.4. The molecule has 28 heavy (non-hydrogen) atoms. The number of anilines is 1. The molecule has 4 aromatic rings. The molecule has 1 aromatic heterocycles.